The van der Waals surface area contributed by atoms with Gasteiger partial charge in [-0.1, -0.05) is 41.9 Å². The van der Waals surface area contributed by atoms with Crippen LogP contribution in [0.1, 0.15) is 0 Å². The predicted molar refractivity (Wildman–Crippen MR) is 76.2 cm³/mol. The first-order valence-electron chi connectivity index (χ1n) is 5.72. The van der Waals surface area contributed by atoms with E-state index in [4.69, 9.17) is 11.6 Å². The highest BCUT2D eigenvalue weighted by atomic mass is 35.5. The number of carbonyl (C=O) groups is 1. The van der Waals surface area contributed by atoms with E-state index in [1.165, 1.54) is 0 Å². The average molecular weight is 260 g/mol. The monoisotopic (exact) mass is 259 g/mol. The van der Waals surface area contributed by atoms with Gasteiger partial charge in [0.15, 0.2) is 0 Å². The third kappa shape index (κ3) is 2.71. The molecule has 0 amide bonds. The molecule has 92 valence electrons. The van der Waals surface area contributed by atoms with Crippen molar-refractivity contribution in [3.8, 4) is 11.1 Å². The summed E-state index contributed by atoms with van der Waals surface area (Å²) in [5.74, 6) is 0. The molecule has 0 bridgehead atoms. The molecule has 0 spiro atoms. The Morgan fingerprint density at radius 1 is 1.17 bits per heavy atom. The van der Waals surface area contributed by atoms with E-state index in [-0.39, 0.29) is 0 Å². The van der Waals surface area contributed by atoms with Crippen molar-refractivity contribution in [2.45, 2.75) is 0 Å². The lowest BCUT2D eigenvalue weighted by atomic mass is 10.0. The van der Waals surface area contributed by atoms with Crippen molar-refractivity contribution >= 4 is 23.6 Å². The van der Waals surface area contributed by atoms with Gasteiger partial charge in [0.25, 0.3) is 0 Å². The van der Waals surface area contributed by atoms with Crippen LogP contribution in [0.2, 0.25) is 5.02 Å². The lowest BCUT2D eigenvalue weighted by Gasteiger charge is -2.20. The van der Waals surface area contributed by atoms with Crippen LogP contribution >= 0.6 is 11.6 Å². The molecule has 0 atom stereocenters. The molecule has 0 radical (unpaired) electrons. The lowest BCUT2D eigenvalue weighted by molar-refractivity contribution is -0.106. The lowest BCUT2D eigenvalue weighted by Crippen LogP contribution is -2.19. The van der Waals surface area contributed by atoms with Crippen molar-refractivity contribution < 1.29 is 4.79 Å². The smallest absolute Gasteiger partial charge is 0.139 e. The van der Waals surface area contributed by atoms with Crippen molar-refractivity contribution in [1.29, 1.82) is 0 Å². The molecule has 0 aromatic heterocycles. The number of halogens is 1. The molecule has 0 heterocycles. The zero-order valence-corrected chi connectivity index (χ0v) is 10.9. The molecule has 0 N–H and O–H groups in total. The number of nitrogens with zero attached hydrogens (tertiary/aromatic N) is 1. The predicted octanol–water partition coefficient (Wildman–Crippen LogP) is 3.64. The molecule has 0 aliphatic heterocycles. The van der Waals surface area contributed by atoms with Crippen LogP contribution in [0.15, 0.2) is 48.5 Å². The Balaban J connectivity index is 2.51. The van der Waals surface area contributed by atoms with Crippen LogP contribution in [0.4, 0.5) is 5.69 Å². The number of hydrogen-bond donors (Lipinski definition) is 0. The van der Waals surface area contributed by atoms with E-state index in [0.29, 0.717) is 11.6 Å². The van der Waals surface area contributed by atoms with Crippen LogP contribution in [0, 0.1) is 0 Å². The van der Waals surface area contributed by atoms with Gasteiger partial charge in [-0.25, -0.2) is 0 Å². The summed E-state index contributed by atoms with van der Waals surface area (Å²) < 4.78 is 0. The van der Waals surface area contributed by atoms with Crippen LogP contribution in [0.3, 0.4) is 0 Å². The first-order valence-corrected chi connectivity index (χ1v) is 6.10. The largest absolute Gasteiger partial charge is 0.367 e. The highest BCUT2D eigenvalue weighted by Crippen LogP contribution is 2.32. The van der Waals surface area contributed by atoms with Gasteiger partial charge >= 0.3 is 0 Å². The minimum absolute atomic E-state index is 0.363. The molecule has 3 heteroatoms. The number of aldehydes is 1. The molecule has 0 fully saturated rings. The van der Waals surface area contributed by atoms with Crippen LogP contribution in [0.5, 0.6) is 0 Å². The summed E-state index contributed by atoms with van der Waals surface area (Å²) >= 11 is 6.06. The summed E-state index contributed by atoms with van der Waals surface area (Å²) in [6.07, 6.45) is 0.892. The molecule has 2 aromatic rings. The van der Waals surface area contributed by atoms with Crippen molar-refractivity contribution in [3.63, 3.8) is 0 Å². The number of hydrogen-bond acceptors (Lipinski definition) is 2. The van der Waals surface area contributed by atoms with E-state index in [2.05, 4.69) is 0 Å². The second kappa shape index (κ2) is 5.69. The molecule has 0 saturated carbocycles. The fraction of sp³-hybridized carbons (Fsp3) is 0.133. The van der Waals surface area contributed by atoms with Crippen LogP contribution < -0.4 is 4.90 Å². The van der Waals surface area contributed by atoms with Gasteiger partial charge in [0.1, 0.15) is 6.29 Å². The summed E-state index contributed by atoms with van der Waals surface area (Å²) in [5.41, 5.74) is 3.12. The van der Waals surface area contributed by atoms with Gasteiger partial charge in [0, 0.05) is 23.3 Å². The first-order chi connectivity index (χ1) is 8.72. The first kappa shape index (κ1) is 12.7. The molecule has 0 aliphatic carbocycles. The number of rotatable bonds is 4. The maximum Gasteiger partial charge on any atom is 0.139 e. The van der Waals surface area contributed by atoms with Crippen molar-refractivity contribution in [2.75, 3.05) is 18.5 Å². The molecule has 18 heavy (non-hydrogen) atoms. The zero-order valence-electron chi connectivity index (χ0n) is 10.1. The molecule has 0 unspecified atom stereocenters. The summed E-state index contributed by atoms with van der Waals surface area (Å²) in [5, 5.41) is 0.692. The van der Waals surface area contributed by atoms with E-state index in [1.807, 2.05) is 60.5 Å². The fourth-order valence-corrected chi connectivity index (χ4v) is 2.07. The van der Waals surface area contributed by atoms with Crippen molar-refractivity contribution in [2.24, 2.45) is 0 Å². The summed E-state index contributed by atoms with van der Waals surface area (Å²) in [4.78, 5) is 12.5. The molecular weight excluding hydrogens is 246 g/mol. The maximum absolute atomic E-state index is 10.6. The maximum atomic E-state index is 10.6. The second-order valence-corrected chi connectivity index (χ2v) is 4.51. The molecule has 2 nitrogen and oxygen atoms in total. The fourth-order valence-electron chi connectivity index (χ4n) is 1.90. The van der Waals surface area contributed by atoms with E-state index in [1.54, 1.807) is 0 Å². The molecule has 2 aromatic carbocycles. The topological polar surface area (TPSA) is 20.3 Å². The zero-order chi connectivity index (χ0) is 13.0. The summed E-state index contributed by atoms with van der Waals surface area (Å²) in [6, 6.07) is 15.7. The van der Waals surface area contributed by atoms with Crippen LogP contribution in [0.25, 0.3) is 11.1 Å². The number of likely N-dealkylation sites (N-methyl/N-ethyl adjacent to an activating group) is 1. The number of anilines is 1. The third-order valence-electron chi connectivity index (χ3n) is 2.80. The Labute approximate surface area is 112 Å². The normalized spacial score (nSPS) is 10.1. The number of carbonyl (C=O) groups excluding carboxylic acids is 1. The van der Waals surface area contributed by atoms with E-state index < -0.39 is 0 Å². The van der Waals surface area contributed by atoms with Gasteiger partial charge in [-0.2, -0.15) is 0 Å². The highest BCUT2D eigenvalue weighted by Gasteiger charge is 2.09. The van der Waals surface area contributed by atoms with Gasteiger partial charge in [-0.15, -0.1) is 0 Å². The van der Waals surface area contributed by atoms with Crippen LogP contribution in [-0.4, -0.2) is 19.9 Å². The van der Waals surface area contributed by atoms with Gasteiger partial charge in [-0.3, -0.25) is 0 Å². The van der Waals surface area contributed by atoms with E-state index >= 15 is 0 Å². The minimum atomic E-state index is 0.363. The highest BCUT2D eigenvalue weighted by molar-refractivity contribution is 6.31. The Kier molecular flexibility index (Phi) is 4.00. The Morgan fingerprint density at radius 2 is 1.89 bits per heavy atom. The Bertz CT molecular complexity index is 539. The van der Waals surface area contributed by atoms with Crippen molar-refractivity contribution in [1.82, 2.24) is 0 Å². The second-order valence-electron chi connectivity index (χ2n) is 4.07. The summed E-state index contributed by atoms with van der Waals surface area (Å²) in [7, 11) is 1.89. The van der Waals surface area contributed by atoms with E-state index in [0.717, 1.165) is 23.1 Å². The van der Waals surface area contributed by atoms with Gasteiger partial charge in [0.05, 0.1) is 6.54 Å². The van der Waals surface area contributed by atoms with Crippen LogP contribution in [-0.2, 0) is 4.79 Å². The van der Waals surface area contributed by atoms with Gasteiger partial charge in [0.2, 0.25) is 0 Å². The molecule has 0 saturated heterocycles. The minimum Gasteiger partial charge on any atom is -0.367 e. The Morgan fingerprint density at radius 3 is 2.56 bits per heavy atom. The van der Waals surface area contributed by atoms with Crippen molar-refractivity contribution in [3.05, 3.63) is 53.6 Å². The molecule has 0 aliphatic rings. The summed E-state index contributed by atoms with van der Waals surface area (Å²) in [6.45, 7) is 0.363. The van der Waals surface area contributed by atoms with E-state index in [9.17, 15) is 4.79 Å². The number of benzene rings is 2. The third-order valence-corrected chi connectivity index (χ3v) is 3.04. The van der Waals surface area contributed by atoms with Gasteiger partial charge in [-0.05, 0) is 23.8 Å². The standard InChI is InChI=1S/C15H14ClNO/c1-17(9-10-18)15-8-7-13(16)11-14(15)12-5-3-2-4-6-12/h2-8,10-11H,9H2,1H3. The average Bonchev–Trinajstić information content (AvgIpc) is 2.40. The quantitative estimate of drug-likeness (QED) is 0.782. The Hall–Kier alpha value is -1.80. The van der Waals surface area contributed by atoms with Gasteiger partial charge < -0.3 is 9.69 Å². The molecule has 2 rings (SSSR count). The molecular formula is C15H14ClNO. The SMILES string of the molecule is CN(CC=O)c1ccc(Cl)cc1-c1ccccc1.